The van der Waals surface area contributed by atoms with Gasteiger partial charge in [0.15, 0.2) is 11.5 Å². The van der Waals surface area contributed by atoms with Crippen LogP contribution in [0.15, 0.2) is 35.9 Å². The zero-order valence-corrected chi connectivity index (χ0v) is 10.8. The largest absolute Gasteiger partial charge is 0.493 e. The van der Waals surface area contributed by atoms with Gasteiger partial charge in [-0.3, -0.25) is 0 Å². The molecule has 0 unspecified atom stereocenters. The number of hydrogen-bond acceptors (Lipinski definition) is 3. The standard InChI is InChI=1S/C14H18O4/c1-10(2)11(8-14(15)16)9-18-13-7-5-4-6-12(13)17-3/h4-8,10H,9H2,1-3H3,(H,15,16)/b11-8-. The first-order valence-electron chi connectivity index (χ1n) is 5.73. The minimum atomic E-state index is -0.956. The smallest absolute Gasteiger partial charge is 0.328 e. The second-order valence-corrected chi connectivity index (χ2v) is 4.15. The van der Waals surface area contributed by atoms with Crippen LogP contribution in [0.4, 0.5) is 0 Å². The Morgan fingerprint density at radius 3 is 2.44 bits per heavy atom. The van der Waals surface area contributed by atoms with Crippen LogP contribution in [-0.4, -0.2) is 24.8 Å². The molecule has 1 rings (SSSR count). The van der Waals surface area contributed by atoms with Crippen molar-refractivity contribution in [3.8, 4) is 11.5 Å². The Morgan fingerprint density at radius 2 is 1.94 bits per heavy atom. The van der Waals surface area contributed by atoms with Gasteiger partial charge >= 0.3 is 5.97 Å². The molecule has 0 heterocycles. The van der Waals surface area contributed by atoms with E-state index in [1.165, 1.54) is 6.08 Å². The summed E-state index contributed by atoms with van der Waals surface area (Å²) in [5, 5.41) is 8.77. The molecule has 1 aromatic carbocycles. The van der Waals surface area contributed by atoms with Crippen molar-refractivity contribution in [2.45, 2.75) is 13.8 Å². The van der Waals surface area contributed by atoms with Gasteiger partial charge in [0.25, 0.3) is 0 Å². The third kappa shape index (κ3) is 4.13. The first kappa shape index (κ1) is 14.1. The molecule has 0 bridgehead atoms. The SMILES string of the molecule is COc1ccccc1OC/C(=C/C(=O)O)C(C)C. The van der Waals surface area contributed by atoms with Gasteiger partial charge in [0.2, 0.25) is 0 Å². The Kier molecular flexibility index (Phi) is 5.24. The molecule has 0 saturated carbocycles. The van der Waals surface area contributed by atoms with Crippen molar-refractivity contribution in [3.05, 3.63) is 35.9 Å². The van der Waals surface area contributed by atoms with Gasteiger partial charge in [0, 0.05) is 6.08 Å². The monoisotopic (exact) mass is 250 g/mol. The zero-order valence-electron chi connectivity index (χ0n) is 10.8. The molecule has 0 radical (unpaired) electrons. The lowest BCUT2D eigenvalue weighted by Gasteiger charge is -2.14. The lowest BCUT2D eigenvalue weighted by Crippen LogP contribution is -2.09. The summed E-state index contributed by atoms with van der Waals surface area (Å²) in [5.74, 6) is 0.408. The van der Waals surface area contributed by atoms with Crippen LogP contribution >= 0.6 is 0 Å². The normalized spacial score (nSPS) is 11.4. The Labute approximate surface area is 107 Å². The zero-order chi connectivity index (χ0) is 13.5. The number of benzene rings is 1. The Bertz CT molecular complexity index is 435. The number of carbonyl (C=O) groups is 1. The molecular weight excluding hydrogens is 232 g/mol. The first-order valence-corrected chi connectivity index (χ1v) is 5.73. The fraction of sp³-hybridized carbons (Fsp3) is 0.357. The van der Waals surface area contributed by atoms with E-state index in [0.717, 1.165) is 5.57 Å². The van der Waals surface area contributed by atoms with E-state index in [1.54, 1.807) is 19.2 Å². The molecule has 0 atom stereocenters. The van der Waals surface area contributed by atoms with Crippen LogP contribution in [0, 0.1) is 5.92 Å². The number of rotatable bonds is 6. The minimum absolute atomic E-state index is 0.121. The Morgan fingerprint density at radius 1 is 1.33 bits per heavy atom. The van der Waals surface area contributed by atoms with E-state index in [1.807, 2.05) is 26.0 Å². The maximum absolute atomic E-state index is 10.7. The molecule has 0 aliphatic heterocycles. The third-order valence-electron chi connectivity index (χ3n) is 2.51. The van der Waals surface area contributed by atoms with E-state index in [0.29, 0.717) is 11.5 Å². The number of carboxylic acids is 1. The lowest BCUT2D eigenvalue weighted by molar-refractivity contribution is -0.131. The van der Waals surface area contributed by atoms with Crippen molar-refractivity contribution in [2.24, 2.45) is 5.92 Å². The van der Waals surface area contributed by atoms with Crippen molar-refractivity contribution in [1.82, 2.24) is 0 Å². The summed E-state index contributed by atoms with van der Waals surface area (Å²) in [7, 11) is 1.57. The summed E-state index contributed by atoms with van der Waals surface area (Å²) >= 11 is 0. The minimum Gasteiger partial charge on any atom is -0.493 e. The predicted molar refractivity (Wildman–Crippen MR) is 69.0 cm³/mol. The Hall–Kier alpha value is -1.97. The fourth-order valence-electron chi connectivity index (χ4n) is 1.43. The molecular formula is C14H18O4. The maximum atomic E-state index is 10.7. The number of para-hydroxylation sites is 2. The molecule has 0 aliphatic carbocycles. The molecule has 0 aliphatic rings. The highest BCUT2D eigenvalue weighted by atomic mass is 16.5. The molecule has 0 fully saturated rings. The van der Waals surface area contributed by atoms with Gasteiger partial charge < -0.3 is 14.6 Å². The highest BCUT2D eigenvalue weighted by Gasteiger charge is 2.09. The first-order chi connectivity index (χ1) is 8.54. The number of hydrogen-bond donors (Lipinski definition) is 1. The van der Waals surface area contributed by atoms with Crippen molar-refractivity contribution in [3.63, 3.8) is 0 Å². The van der Waals surface area contributed by atoms with Crippen LogP contribution in [0.25, 0.3) is 0 Å². The molecule has 1 N–H and O–H groups in total. The van der Waals surface area contributed by atoms with Crippen LogP contribution < -0.4 is 9.47 Å². The van der Waals surface area contributed by atoms with E-state index in [9.17, 15) is 4.79 Å². The highest BCUT2D eigenvalue weighted by molar-refractivity contribution is 5.80. The topological polar surface area (TPSA) is 55.8 Å². The number of methoxy groups -OCH3 is 1. The van der Waals surface area contributed by atoms with Crippen LogP contribution in [0.1, 0.15) is 13.8 Å². The summed E-state index contributed by atoms with van der Waals surface area (Å²) in [6.45, 7) is 4.10. The summed E-state index contributed by atoms with van der Waals surface area (Å²) in [5.41, 5.74) is 0.730. The molecule has 98 valence electrons. The van der Waals surface area contributed by atoms with Gasteiger partial charge in [-0.05, 0) is 23.6 Å². The van der Waals surface area contributed by atoms with Gasteiger partial charge in [-0.1, -0.05) is 26.0 Å². The quantitative estimate of drug-likeness (QED) is 0.789. The fourth-order valence-corrected chi connectivity index (χ4v) is 1.43. The molecule has 0 amide bonds. The summed E-state index contributed by atoms with van der Waals surface area (Å²) < 4.78 is 10.8. The summed E-state index contributed by atoms with van der Waals surface area (Å²) in [6, 6.07) is 7.28. The van der Waals surface area contributed by atoms with Crippen molar-refractivity contribution in [2.75, 3.05) is 13.7 Å². The van der Waals surface area contributed by atoms with Crippen molar-refractivity contribution >= 4 is 5.97 Å². The summed E-state index contributed by atoms with van der Waals surface area (Å²) in [6.07, 6.45) is 1.19. The maximum Gasteiger partial charge on any atom is 0.328 e. The average Bonchev–Trinajstić information content (AvgIpc) is 2.34. The Balaban J connectivity index is 2.76. The van der Waals surface area contributed by atoms with E-state index >= 15 is 0 Å². The van der Waals surface area contributed by atoms with Crippen LogP contribution in [0.2, 0.25) is 0 Å². The molecule has 4 heteroatoms. The molecule has 1 aromatic rings. The van der Waals surface area contributed by atoms with Crippen LogP contribution in [0.3, 0.4) is 0 Å². The van der Waals surface area contributed by atoms with Gasteiger partial charge in [0.1, 0.15) is 6.61 Å². The number of aliphatic carboxylic acids is 1. The lowest BCUT2D eigenvalue weighted by atomic mass is 10.0. The average molecular weight is 250 g/mol. The van der Waals surface area contributed by atoms with Crippen molar-refractivity contribution < 1.29 is 19.4 Å². The molecule has 0 saturated heterocycles. The van der Waals surface area contributed by atoms with Gasteiger partial charge in [-0.25, -0.2) is 4.79 Å². The number of carboxylic acid groups (broad SMARTS) is 1. The predicted octanol–water partition coefficient (Wildman–Crippen LogP) is 2.74. The van der Waals surface area contributed by atoms with E-state index in [4.69, 9.17) is 14.6 Å². The summed E-state index contributed by atoms with van der Waals surface area (Å²) in [4.78, 5) is 10.7. The van der Waals surface area contributed by atoms with Crippen LogP contribution in [-0.2, 0) is 4.79 Å². The molecule has 18 heavy (non-hydrogen) atoms. The highest BCUT2D eigenvalue weighted by Crippen LogP contribution is 2.26. The van der Waals surface area contributed by atoms with Gasteiger partial charge in [0.05, 0.1) is 7.11 Å². The third-order valence-corrected chi connectivity index (χ3v) is 2.51. The molecule has 0 aromatic heterocycles. The van der Waals surface area contributed by atoms with Crippen molar-refractivity contribution in [1.29, 1.82) is 0 Å². The van der Waals surface area contributed by atoms with E-state index in [-0.39, 0.29) is 12.5 Å². The van der Waals surface area contributed by atoms with Gasteiger partial charge in [-0.15, -0.1) is 0 Å². The van der Waals surface area contributed by atoms with Gasteiger partial charge in [-0.2, -0.15) is 0 Å². The second kappa shape index (κ2) is 6.69. The van der Waals surface area contributed by atoms with E-state index in [2.05, 4.69) is 0 Å². The van der Waals surface area contributed by atoms with E-state index < -0.39 is 5.97 Å². The molecule has 4 nitrogen and oxygen atoms in total. The second-order valence-electron chi connectivity index (χ2n) is 4.15. The number of ether oxygens (including phenoxy) is 2. The molecule has 0 spiro atoms. The van der Waals surface area contributed by atoms with Crippen LogP contribution in [0.5, 0.6) is 11.5 Å².